The molecule has 0 aliphatic carbocycles. The molecule has 23 heavy (non-hydrogen) atoms. The maximum atomic E-state index is 12.0. The van der Waals surface area contributed by atoms with Gasteiger partial charge in [-0.15, -0.1) is 5.10 Å². The molecule has 5 heteroatoms. The molecule has 0 saturated heterocycles. The van der Waals surface area contributed by atoms with E-state index in [0.717, 1.165) is 11.1 Å². The smallest absolute Gasteiger partial charge is 0.248 e. The lowest BCUT2D eigenvalue weighted by Gasteiger charge is -2.02. The highest BCUT2D eigenvalue weighted by molar-refractivity contribution is 5.88. The van der Waals surface area contributed by atoms with Crippen LogP contribution in [0.25, 0.3) is 0 Å². The maximum absolute atomic E-state index is 12.0. The number of carbonyl (C=O) groups is 1. The Bertz CT molecular complexity index is 753. The Morgan fingerprint density at radius 2 is 1.61 bits per heavy atom. The number of carbonyl (C=O) groups excluding carboxylic acids is 1. The van der Waals surface area contributed by atoms with Crippen LogP contribution in [0.5, 0.6) is 0 Å². The third-order valence-electron chi connectivity index (χ3n) is 3.46. The number of nitrogens with zero attached hydrogens (tertiary/aromatic N) is 3. The highest BCUT2D eigenvalue weighted by atomic mass is 16.1. The summed E-state index contributed by atoms with van der Waals surface area (Å²) in [6.07, 6.45) is 2.74. The number of benzene rings is 2. The van der Waals surface area contributed by atoms with E-state index in [-0.39, 0.29) is 5.91 Å². The molecule has 1 aromatic heterocycles. The normalized spacial score (nSPS) is 10.4. The zero-order valence-corrected chi connectivity index (χ0v) is 12.7. The zero-order chi connectivity index (χ0) is 15.9. The Kier molecular flexibility index (Phi) is 4.79. The maximum Gasteiger partial charge on any atom is 0.248 e. The summed E-state index contributed by atoms with van der Waals surface area (Å²) < 4.78 is 1.71. The van der Waals surface area contributed by atoms with Gasteiger partial charge in [0.25, 0.3) is 0 Å². The molecular formula is C18H18N4O. The van der Waals surface area contributed by atoms with Gasteiger partial charge in [0.15, 0.2) is 0 Å². The van der Waals surface area contributed by atoms with Gasteiger partial charge in [0.1, 0.15) is 6.33 Å². The average Bonchev–Trinajstić information content (AvgIpc) is 3.02. The third-order valence-corrected chi connectivity index (χ3v) is 3.46. The zero-order valence-electron chi connectivity index (χ0n) is 12.7. The lowest BCUT2D eigenvalue weighted by atomic mass is 10.1. The molecule has 0 bridgehead atoms. The van der Waals surface area contributed by atoms with Gasteiger partial charge < -0.3 is 0 Å². The molecule has 5 nitrogen and oxygen atoms in total. The molecule has 1 heterocycles. The minimum absolute atomic E-state index is 0.0775. The monoisotopic (exact) mass is 306 g/mol. The van der Waals surface area contributed by atoms with Crippen molar-refractivity contribution in [3.05, 3.63) is 78.1 Å². The van der Waals surface area contributed by atoms with Crippen molar-refractivity contribution in [3.8, 4) is 0 Å². The number of aryl methyl sites for hydroxylation is 1. The summed E-state index contributed by atoms with van der Waals surface area (Å²) in [6, 6.07) is 19.9. The largest absolute Gasteiger partial charge is 0.293 e. The SMILES string of the molecule is O=C(CCc1ccccc1)Nc1ncn(Cc2ccccc2)n1. The lowest BCUT2D eigenvalue weighted by Crippen LogP contribution is -2.14. The molecule has 1 N–H and O–H groups in total. The van der Waals surface area contributed by atoms with Gasteiger partial charge in [-0.05, 0) is 17.5 Å². The summed E-state index contributed by atoms with van der Waals surface area (Å²) >= 11 is 0. The van der Waals surface area contributed by atoms with Crippen LogP contribution in [0.2, 0.25) is 0 Å². The van der Waals surface area contributed by atoms with Crippen LogP contribution in [0.4, 0.5) is 5.95 Å². The first-order valence-electron chi connectivity index (χ1n) is 7.57. The van der Waals surface area contributed by atoms with Gasteiger partial charge >= 0.3 is 0 Å². The van der Waals surface area contributed by atoms with E-state index in [9.17, 15) is 4.79 Å². The quantitative estimate of drug-likeness (QED) is 0.762. The highest BCUT2D eigenvalue weighted by Crippen LogP contribution is 2.06. The molecule has 2 aromatic carbocycles. The van der Waals surface area contributed by atoms with Crippen molar-refractivity contribution in [1.82, 2.24) is 14.8 Å². The molecule has 0 fully saturated rings. The van der Waals surface area contributed by atoms with Crippen LogP contribution in [0.1, 0.15) is 17.5 Å². The van der Waals surface area contributed by atoms with E-state index in [2.05, 4.69) is 15.4 Å². The molecule has 0 aliphatic rings. The summed E-state index contributed by atoms with van der Waals surface area (Å²) in [5, 5.41) is 7.01. The molecule has 1 amide bonds. The number of amides is 1. The second-order valence-corrected chi connectivity index (χ2v) is 5.29. The average molecular weight is 306 g/mol. The fourth-order valence-electron chi connectivity index (χ4n) is 2.29. The molecule has 0 aliphatic heterocycles. The summed E-state index contributed by atoms with van der Waals surface area (Å²) in [4.78, 5) is 16.1. The first kappa shape index (κ1) is 15.0. The van der Waals surface area contributed by atoms with E-state index < -0.39 is 0 Å². The number of anilines is 1. The van der Waals surface area contributed by atoms with Crippen molar-refractivity contribution in [3.63, 3.8) is 0 Å². The Labute approximate surface area is 135 Å². The van der Waals surface area contributed by atoms with Gasteiger partial charge in [0.05, 0.1) is 6.54 Å². The Morgan fingerprint density at radius 3 is 2.30 bits per heavy atom. The van der Waals surface area contributed by atoms with E-state index in [4.69, 9.17) is 0 Å². The van der Waals surface area contributed by atoms with E-state index in [1.807, 2.05) is 60.7 Å². The van der Waals surface area contributed by atoms with Crippen LogP contribution in [0.15, 0.2) is 67.0 Å². The van der Waals surface area contributed by atoms with Gasteiger partial charge in [-0.1, -0.05) is 60.7 Å². The minimum atomic E-state index is -0.0775. The fraction of sp³-hybridized carbons (Fsp3) is 0.167. The van der Waals surface area contributed by atoms with Crippen molar-refractivity contribution in [2.24, 2.45) is 0 Å². The molecule has 116 valence electrons. The summed E-state index contributed by atoms with van der Waals surface area (Å²) in [5.41, 5.74) is 2.28. The number of hydrogen-bond donors (Lipinski definition) is 1. The van der Waals surface area contributed by atoms with Crippen LogP contribution in [0, 0.1) is 0 Å². The van der Waals surface area contributed by atoms with Gasteiger partial charge in [0.2, 0.25) is 11.9 Å². The van der Waals surface area contributed by atoms with Crippen molar-refractivity contribution >= 4 is 11.9 Å². The molecule has 0 atom stereocenters. The molecule has 0 saturated carbocycles. The minimum Gasteiger partial charge on any atom is -0.293 e. The van der Waals surface area contributed by atoms with Crippen LogP contribution in [0.3, 0.4) is 0 Å². The molecule has 3 aromatic rings. The third kappa shape index (κ3) is 4.51. The molecule has 0 unspecified atom stereocenters. The summed E-state index contributed by atoms with van der Waals surface area (Å²) in [5.74, 6) is 0.269. The van der Waals surface area contributed by atoms with Crippen LogP contribution in [-0.2, 0) is 17.8 Å². The summed E-state index contributed by atoms with van der Waals surface area (Å²) in [7, 11) is 0. The predicted molar refractivity (Wildman–Crippen MR) is 89.0 cm³/mol. The van der Waals surface area contributed by atoms with Crippen molar-refractivity contribution in [2.75, 3.05) is 5.32 Å². The first-order valence-corrected chi connectivity index (χ1v) is 7.57. The summed E-state index contributed by atoms with van der Waals surface area (Å²) in [6.45, 7) is 0.633. The van der Waals surface area contributed by atoms with E-state index in [0.29, 0.717) is 25.3 Å². The van der Waals surface area contributed by atoms with Gasteiger partial charge in [-0.2, -0.15) is 0 Å². The number of nitrogens with one attached hydrogen (secondary N) is 1. The van der Waals surface area contributed by atoms with Crippen LogP contribution < -0.4 is 5.32 Å². The van der Waals surface area contributed by atoms with Crippen LogP contribution in [-0.4, -0.2) is 20.7 Å². The van der Waals surface area contributed by atoms with Crippen molar-refractivity contribution < 1.29 is 4.79 Å². The standard InChI is InChI=1S/C18H18N4O/c23-17(12-11-15-7-3-1-4-8-15)20-18-19-14-22(21-18)13-16-9-5-2-6-10-16/h1-10,14H,11-13H2,(H,20,21,23). The van der Waals surface area contributed by atoms with E-state index in [1.165, 1.54) is 0 Å². The number of rotatable bonds is 6. The van der Waals surface area contributed by atoms with Gasteiger partial charge in [-0.25, -0.2) is 9.67 Å². The highest BCUT2D eigenvalue weighted by Gasteiger charge is 2.07. The molecule has 0 radical (unpaired) electrons. The molecule has 0 spiro atoms. The predicted octanol–water partition coefficient (Wildman–Crippen LogP) is 2.90. The van der Waals surface area contributed by atoms with Crippen molar-refractivity contribution in [1.29, 1.82) is 0 Å². The lowest BCUT2D eigenvalue weighted by molar-refractivity contribution is -0.116. The number of hydrogen-bond acceptors (Lipinski definition) is 3. The van der Waals surface area contributed by atoms with Gasteiger partial charge in [0, 0.05) is 6.42 Å². The second-order valence-electron chi connectivity index (χ2n) is 5.29. The topological polar surface area (TPSA) is 59.8 Å². The van der Waals surface area contributed by atoms with Crippen molar-refractivity contribution in [2.45, 2.75) is 19.4 Å². The second kappa shape index (κ2) is 7.35. The molecular weight excluding hydrogens is 288 g/mol. The Hall–Kier alpha value is -2.95. The Morgan fingerprint density at radius 1 is 0.957 bits per heavy atom. The molecule has 3 rings (SSSR count). The number of aromatic nitrogens is 3. The first-order chi connectivity index (χ1) is 11.3. The van der Waals surface area contributed by atoms with E-state index in [1.54, 1.807) is 11.0 Å². The van der Waals surface area contributed by atoms with Crippen LogP contribution >= 0.6 is 0 Å². The fourth-order valence-corrected chi connectivity index (χ4v) is 2.29. The Balaban J connectivity index is 1.51. The van der Waals surface area contributed by atoms with Gasteiger partial charge in [-0.3, -0.25) is 10.1 Å². The van der Waals surface area contributed by atoms with E-state index >= 15 is 0 Å².